The van der Waals surface area contributed by atoms with Crippen molar-refractivity contribution < 1.29 is 4.74 Å². The first kappa shape index (κ1) is 19.2. The maximum atomic E-state index is 6.09. The summed E-state index contributed by atoms with van der Waals surface area (Å²) in [4.78, 5) is 8.87. The minimum absolute atomic E-state index is 0.308. The second kappa shape index (κ2) is 8.50. The standard InChI is InChI=1S/C21H25N7O/c1-26-11-13-27(14-12-26)15-16-7-9-17(10-8-16)28-20(22)24-21(25-28)23-18-5-3-4-6-19(18)29-2/h3-10H,11-14H2,1-2H3,(H3,22,23,24,25). The number of likely N-dealkylation sites (N-methyl/N-ethyl adjacent to an activating group) is 1. The molecule has 8 nitrogen and oxygen atoms in total. The predicted octanol–water partition coefficient (Wildman–Crippen LogP) is 2.24. The van der Waals surface area contributed by atoms with E-state index in [2.05, 4.69) is 38.8 Å². The van der Waals surface area contributed by atoms with Crippen molar-refractivity contribution in [3.05, 3.63) is 60.6 Å². The van der Waals surface area contributed by atoms with Gasteiger partial charge in [-0.25, -0.2) is 0 Å². The van der Waals surface area contributed by atoms with Crippen LogP contribution in [-0.4, -0.2) is 64.9 Å². The second-order valence-corrected chi connectivity index (χ2v) is 6.98. The van der Waals surface area contributed by atoms with Gasteiger partial charge in [0.25, 0.3) is 0 Å². The smallest absolute Gasteiger partial charge is 0.248 e. The molecule has 0 spiro atoms. The van der Waals surface area contributed by atoms with E-state index in [-0.39, 0.29) is 0 Å². The molecule has 1 saturated heterocycles. The van der Waals surface area contributed by atoms with Gasteiger partial charge in [-0.1, -0.05) is 24.3 Å². The van der Waals surface area contributed by atoms with Gasteiger partial charge in [-0.05, 0) is 36.9 Å². The number of aromatic nitrogens is 3. The molecule has 150 valence electrons. The van der Waals surface area contributed by atoms with Crippen molar-refractivity contribution in [2.45, 2.75) is 0 Å². The van der Waals surface area contributed by atoms with Gasteiger partial charge in [0.15, 0.2) is 0 Å². The van der Waals surface area contributed by atoms with Crippen molar-refractivity contribution in [1.82, 2.24) is 24.6 Å². The molecule has 1 aromatic heterocycles. The lowest BCUT2D eigenvalue weighted by Crippen LogP contribution is -2.43. The molecule has 2 heterocycles. The summed E-state index contributed by atoms with van der Waals surface area (Å²) in [5, 5.41) is 7.63. The number of benzene rings is 2. The van der Waals surface area contributed by atoms with Crippen molar-refractivity contribution in [2.75, 3.05) is 51.4 Å². The lowest BCUT2D eigenvalue weighted by atomic mass is 10.2. The van der Waals surface area contributed by atoms with Crippen LogP contribution in [0, 0.1) is 6.54 Å². The van der Waals surface area contributed by atoms with Gasteiger partial charge < -0.3 is 20.7 Å². The summed E-state index contributed by atoms with van der Waals surface area (Å²) in [6, 6.07) is 15.6. The third kappa shape index (κ3) is 4.49. The van der Waals surface area contributed by atoms with E-state index in [1.165, 1.54) is 0 Å². The molecule has 4 rings (SSSR count). The number of rotatable bonds is 6. The highest BCUT2D eigenvalue weighted by molar-refractivity contribution is 5.63. The Balaban J connectivity index is 1.46. The number of nitrogens with one attached hydrogen (secondary N) is 1. The van der Waals surface area contributed by atoms with Gasteiger partial charge >= 0.3 is 0 Å². The quantitative estimate of drug-likeness (QED) is 0.667. The Morgan fingerprint density at radius 1 is 1.03 bits per heavy atom. The highest BCUT2D eigenvalue weighted by Gasteiger charge is 2.15. The van der Waals surface area contributed by atoms with Gasteiger partial charge in [0.1, 0.15) is 5.75 Å². The molecule has 0 unspecified atom stereocenters. The average molecular weight is 391 g/mol. The average Bonchev–Trinajstić information content (AvgIpc) is 3.11. The molecular weight excluding hydrogens is 366 g/mol. The molecule has 2 aromatic carbocycles. The summed E-state index contributed by atoms with van der Waals surface area (Å²) in [7, 11) is 3.77. The molecule has 0 saturated carbocycles. The van der Waals surface area contributed by atoms with Crippen molar-refractivity contribution in [3.63, 3.8) is 0 Å². The molecule has 8 heteroatoms. The number of ether oxygens (including phenoxy) is 1. The Hall–Kier alpha value is -3.10. The minimum Gasteiger partial charge on any atom is -0.495 e. The van der Waals surface area contributed by atoms with E-state index in [9.17, 15) is 0 Å². The number of nitrogens with two attached hydrogens (primary N) is 1. The molecule has 1 aliphatic heterocycles. The van der Waals surface area contributed by atoms with E-state index in [1.807, 2.05) is 48.5 Å². The first-order chi connectivity index (χ1) is 14.1. The Bertz CT molecular complexity index is 946. The summed E-state index contributed by atoms with van der Waals surface area (Å²) >= 11 is 0. The van der Waals surface area contributed by atoms with Gasteiger partial charge in [-0.15, -0.1) is 5.10 Å². The number of nitrogen functional groups attached to an aromatic ring is 1. The molecule has 29 heavy (non-hydrogen) atoms. The van der Waals surface area contributed by atoms with E-state index >= 15 is 0 Å². The van der Waals surface area contributed by atoms with Crippen LogP contribution in [0.4, 0.5) is 17.6 Å². The van der Waals surface area contributed by atoms with Gasteiger partial charge in [0.05, 0.1) is 25.0 Å². The number of methoxy groups -OCH3 is 1. The van der Waals surface area contributed by atoms with Crippen molar-refractivity contribution in [3.8, 4) is 11.4 Å². The molecule has 0 atom stereocenters. The zero-order valence-electron chi connectivity index (χ0n) is 16.7. The molecule has 1 aliphatic rings. The van der Waals surface area contributed by atoms with E-state index in [0.717, 1.165) is 43.1 Å². The molecule has 3 aromatic rings. The van der Waals surface area contributed by atoms with Gasteiger partial charge in [-0.2, -0.15) is 9.67 Å². The monoisotopic (exact) mass is 391 g/mol. The Kier molecular flexibility index (Phi) is 5.64. The first-order valence-corrected chi connectivity index (χ1v) is 9.55. The van der Waals surface area contributed by atoms with Crippen LogP contribution in [0.1, 0.15) is 5.56 Å². The summed E-state index contributed by atoms with van der Waals surface area (Å²) in [5.74, 6) is 1.43. The molecule has 3 N–H and O–H groups in total. The summed E-state index contributed by atoms with van der Waals surface area (Å²) < 4.78 is 6.96. The van der Waals surface area contributed by atoms with E-state index in [4.69, 9.17) is 10.5 Å². The summed E-state index contributed by atoms with van der Waals surface area (Å²) in [6.45, 7) is 7.55. The zero-order valence-corrected chi connectivity index (χ0v) is 16.7. The Morgan fingerprint density at radius 3 is 2.48 bits per heavy atom. The first-order valence-electron chi connectivity index (χ1n) is 9.55. The molecule has 0 bridgehead atoms. The van der Waals surface area contributed by atoms with Crippen LogP contribution in [-0.2, 0) is 0 Å². The van der Waals surface area contributed by atoms with Crippen LogP contribution < -0.4 is 15.8 Å². The zero-order chi connectivity index (χ0) is 20.2. The minimum atomic E-state index is 0.308. The Morgan fingerprint density at radius 2 is 1.76 bits per heavy atom. The number of nitrogens with zero attached hydrogens (tertiary/aromatic N) is 5. The SMILES string of the molecule is COc1ccccc1Nc1nc(N)n(-c2ccc([C]N3CCN(C)CC3)cc2)n1. The maximum absolute atomic E-state index is 6.09. The van der Waals surface area contributed by atoms with E-state index in [1.54, 1.807) is 11.8 Å². The van der Waals surface area contributed by atoms with E-state index < -0.39 is 0 Å². The van der Waals surface area contributed by atoms with Crippen LogP contribution >= 0.6 is 0 Å². The fraction of sp³-hybridized carbons (Fsp3) is 0.286. The summed E-state index contributed by atoms with van der Waals surface area (Å²) in [6.07, 6.45) is 0. The lowest BCUT2D eigenvalue weighted by molar-refractivity contribution is 0.186. The Labute approximate surface area is 170 Å². The third-order valence-corrected chi connectivity index (χ3v) is 4.89. The maximum Gasteiger partial charge on any atom is 0.248 e. The number of hydrogen-bond donors (Lipinski definition) is 2. The van der Waals surface area contributed by atoms with Crippen molar-refractivity contribution in [2.24, 2.45) is 0 Å². The molecule has 1 fully saturated rings. The topological polar surface area (TPSA) is 84.5 Å². The molecule has 0 amide bonds. The highest BCUT2D eigenvalue weighted by Crippen LogP contribution is 2.26. The van der Waals surface area contributed by atoms with Crippen LogP contribution in [0.3, 0.4) is 0 Å². The summed E-state index contributed by atoms with van der Waals surface area (Å²) in [5.41, 5.74) is 8.74. The third-order valence-electron chi connectivity index (χ3n) is 4.89. The number of anilines is 3. The van der Waals surface area contributed by atoms with Gasteiger partial charge in [-0.3, -0.25) is 4.90 Å². The van der Waals surface area contributed by atoms with Crippen molar-refractivity contribution in [1.29, 1.82) is 0 Å². The normalized spacial score (nSPS) is 15.4. The highest BCUT2D eigenvalue weighted by atomic mass is 16.5. The fourth-order valence-electron chi connectivity index (χ4n) is 3.21. The predicted molar refractivity (Wildman–Crippen MR) is 113 cm³/mol. The number of piperazine rings is 1. The fourth-order valence-corrected chi connectivity index (χ4v) is 3.21. The van der Waals surface area contributed by atoms with E-state index in [0.29, 0.717) is 17.6 Å². The second-order valence-electron chi connectivity index (χ2n) is 6.98. The van der Waals surface area contributed by atoms with Gasteiger partial charge in [0.2, 0.25) is 11.9 Å². The number of para-hydroxylation sites is 2. The molecule has 2 radical (unpaired) electrons. The van der Waals surface area contributed by atoms with Gasteiger partial charge in [0, 0.05) is 26.2 Å². The van der Waals surface area contributed by atoms with Crippen LogP contribution in [0.2, 0.25) is 0 Å². The van der Waals surface area contributed by atoms with Crippen LogP contribution in [0.25, 0.3) is 5.69 Å². The largest absolute Gasteiger partial charge is 0.495 e. The lowest BCUT2D eigenvalue weighted by Gasteiger charge is -2.31. The van der Waals surface area contributed by atoms with Crippen LogP contribution in [0.15, 0.2) is 48.5 Å². The molecular formula is C21H25N7O. The number of hydrogen-bond acceptors (Lipinski definition) is 7. The molecule has 0 aliphatic carbocycles. The van der Waals surface area contributed by atoms with Crippen LogP contribution in [0.5, 0.6) is 5.75 Å². The van der Waals surface area contributed by atoms with Crippen molar-refractivity contribution >= 4 is 17.6 Å².